The van der Waals surface area contributed by atoms with Crippen molar-refractivity contribution >= 4 is 34.9 Å². The molecule has 1 saturated carbocycles. The van der Waals surface area contributed by atoms with Gasteiger partial charge < -0.3 is 24.1 Å². The van der Waals surface area contributed by atoms with Crippen LogP contribution in [0.5, 0.6) is 0 Å². The van der Waals surface area contributed by atoms with Gasteiger partial charge in [0.05, 0.1) is 23.1 Å². The molecule has 2 aliphatic heterocycles. The highest BCUT2D eigenvalue weighted by Gasteiger charge is 2.52. The summed E-state index contributed by atoms with van der Waals surface area (Å²) in [6.07, 6.45) is 6.86. The normalized spacial score (nSPS) is 18.4. The first kappa shape index (κ1) is 43.6. The van der Waals surface area contributed by atoms with E-state index < -0.39 is 35.3 Å². The maximum Gasteiger partial charge on any atom is 0.438 e. The van der Waals surface area contributed by atoms with Gasteiger partial charge in [-0.3, -0.25) is 23.4 Å². The largest absolute Gasteiger partial charge is 0.438 e. The Balaban J connectivity index is 1.10. The average Bonchev–Trinajstić information content (AvgIpc) is 3.58. The number of hydrogen-bond donors (Lipinski definition) is 2. The van der Waals surface area contributed by atoms with E-state index in [1.54, 1.807) is 62.8 Å². The summed E-state index contributed by atoms with van der Waals surface area (Å²) in [6.45, 7) is 14.8. The zero-order chi connectivity index (χ0) is 46.6. The molecule has 4 aromatic heterocycles. The maximum absolute atomic E-state index is 15.4. The zero-order valence-electron chi connectivity index (χ0n) is 38.6. The molecule has 2 N–H and O–H groups in total. The highest BCUT2D eigenvalue weighted by atomic mass is 31.2. The smallest absolute Gasteiger partial charge is 0.387 e. The number of rotatable bonds is 9. The molecule has 2 atom stereocenters. The summed E-state index contributed by atoms with van der Waals surface area (Å²) in [5.74, 6) is -0.0750. The first-order valence-electron chi connectivity index (χ1n) is 22.6. The van der Waals surface area contributed by atoms with Gasteiger partial charge in [0.15, 0.2) is 5.82 Å². The van der Waals surface area contributed by atoms with Gasteiger partial charge in [0, 0.05) is 78.2 Å². The third-order valence-electron chi connectivity index (χ3n) is 14.4. The SMILES string of the molecule is CNc1cc(-n2ccn(-c3c4c(nn3-c3cc(C)c(F)c(C)c3)CCN(C(=O)c3cc5cc(C6CCOCC6)ccc5n3C3(c5noc(=O)[nH]5)CC3)[C@H]4C)c2=O)ccc1P(C)(=O)C(C)(C)C. The van der Waals surface area contributed by atoms with Gasteiger partial charge in [-0.2, -0.15) is 5.10 Å². The Hall–Kier alpha value is -6.25. The van der Waals surface area contributed by atoms with E-state index in [9.17, 15) is 14.2 Å². The Bertz CT molecular complexity index is 3240. The second-order valence-electron chi connectivity index (χ2n) is 19.3. The summed E-state index contributed by atoms with van der Waals surface area (Å²) < 4.78 is 46.7. The molecule has 0 bridgehead atoms. The van der Waals surface area contributed by atoms with E-state index in [4.69, 9.17) is 14.4 Å². The predicted octanol–water partition coefficient (Wildman–Crippen LogP) is 7.85. The molecule has 66 heavy (non-hydrogen) atoms. The molecule has 1 aliphatic carbocycles. The minimum atomic E-state index is -2.84. The van der Waals surface area contributed by atoms with Gasteiger partial charge in [0.25, 0.3) is 5.91 Å². The molecular weight excluding hydrogens is 861 g/mol. The number of amides is 1. The fourth-order valence-electron chi connectivity index (χ4n) is 10.1. The molecule has 0 radical (unpaired) electrons. The number of aryl methyl sites for hydroxylation is 2. The van der Waals surface area contributed by atoms with Gasteiger partial charge in [0.2, 0.25) is 0 Å². The van der Waals surface area contributed by atoms with E-state index in [1.807, 2.05) is 55.4 Å². The first-order valence-corrected chi connectivity index (χ1v) is 24.8. The standard InChI is InChI=1S/C49H55FN9O6P/c1-28-23-35(24-29(2)42(28)50)59-43(57-20-19-56(47(57)62)34-10-12-40(37(27-34)51-7)66(8,63)48(4,5)6)41-30(3)55(18-13-36(41)53-59)44(60)39-26-33-25-32(31-14-21-64-22-15-31)9-11-38(33)58(39)49(16-17-49)45-52-46(61)65-54-45/h9-12,19-20,23-27,30-31,51H,13-18,21-22H2,1-8H3,(H,52,54,61)/t30-,66?/m0/s1. The lowest BCUT2D eigenvalue weighted by molar-refractivity contribution is 0.0664. The number of anilines is 1. The van der Waals surface area contributed by atoms with Crippen molar-refractivity contribution in [2.24, 2.45) is 0 Å². The van der Waals surface area contributed by atoms with E-state index >= 15 is 9.18 Å². The maximum atomic E-state index is 15.4. The number of hydrogen-bond acceptors (Lipinski definition) is 9. The van der Waals surface area contributed by atoms with Gasteiger partial charge in [-0.1, -0.05) is 32.0 Å². The van der Waals surface area contributed by atoms with Gasteiger partial charge in [-0.15, -0.1) is 0 Å². The number of benzene rings is 3. The van der Waals surface area contributed by atoms with Crippen molar-refractivity contribution < 1.29 is 23.0 Å². The van der Waals surface area contributed by atoms with Gasteiger partial charge in [0.1, 0.15) is 30.0 Å². The van der Waals surface area contributed by atoms with E-state index in [0.717, 1.165) is 23.7 Å². The van der Waals surface area contributed by atoms with Crippen molar-refractivity contribution in [3.63, 3.8) is 0 Å². The molecule has 15 nitrogen and oxygen atoms in total. The third-order valence-corrected chi connectivity index (χ3v) is 18.3. The van der Waals surface area contributed by atoms with Crippen molar-refractivity contribution in [3.8, 4) is 17.2 Å². The molecule has 2 fully saturated rings. The average molecular weight is 916 g/mol. The van der Waals surface area contributed by atoms with Crippen LogP contribution in [0.1, 0.15) is 110 Å². The lowest BCUT2D eigenvalue weighted by atomic mass is 9.91. The van der Waals surface area contributed by atoms with E-state index in [0.29, 0.717) is 107 Å². The minimum absolute atomic E-state index is 0.227. The molecule has 1 unspecified atom stereocenters. The molecule has 0 spiro atoms. The van der Waals surface area contributed by atoms with E-state index in [2.05, 4.69) is 33.7 Å². The number of aromatic amines is 1. The first-order chi connectivity index (χ1) is 31.4. The monoisotopic (exact) mass is 915 g/mol. The van der Waals surface area contributed by atoms with Gasteiger partial charge in [-0.05, 0) is 124 Å². The second kappa shape index (κ2) is 15.7. The Morgan fingerprint density at radius 2 is 1.68 bits per heavy atom. The van der Waals surface area contributed by atoms with Gasteiger partial charge >= 0.3 is 11.4 Å². The molecule has 7 aromatic rings. The number of aromatic nitrogens is 7. The van der Waals surface area contributed by atoms with Crippen molar-refractivity contribution in [2.75, 3.05) is 38.8 Å². The fourth-order valence-corrected chi connectivity index (χ4v) is 11.8. The lowest BCUT2D eigenvalue weighted by Gasteiger charge is -2.34. The van der Waals surface area contributed by atoms with Crippen LogP contribution >= 0.6 is 7.14 Å². The quantitative estimate of drug-likeness (QED) is 0.137. The predicted molar refractivity (Wildman–Crippen MR) is 252 cm³/mol. The van der Waals surface area contributed by atoms with Crippen molar-refractivity contribution in [2.45, 2.75) is 96.3 Å². The highest BCUT2D eigenvalue weighted by molar-refractivity contribution is 7.72. The van der Waals surface area contributed by atoms with Crippen molar-refractivity contribution in [3.05, 3.63) is 133 Å². The molecule has 3 aromatic carbocycles. The van der Waals surface area contributed by atoms with Crippen LogP contribution in [-0.2, 0) is 21.3 Å². The fraction of sp³-hybridized carbons (Fsp3) is 0.408. The van der Waals surface area contributed by atoms with E-state index in [-0.39, 0.29) is 11.7 Å². The summed E-state index contributed by atoms with van der Waals surface area (Å²) in [4.78, 5) is 47.2. The van der Waals surface area contributed by atoms with Crippen LogP contribution in [0.25, 0.3) is 28.1 Å². The summed E-state index contributed by atoms with van der Waals surface area (Å²) in [5, 5.41) is 13.6. The summed E-state index contributed by atoms with van der Waals surface area (Å²) in [5.41, 5.74) is 5.34. The number of fused-ring (bicyclic) bond motifs is 2. The Kier molecular flexibility index (Phi) is 10.4. The van der Waals surface area contributed by atoms with Crippen LogP contribution in [0.2, 0.25) is 0 Å². The Morgan fingerprint density at radius 3 is 2.33 bits per heavy atom. The number of imidazole rings is 1. The van der Waals surface area contributed by atoms with E-state index in [1.165, 1.54) is 14.7 Å². The summed E-state index contributed by atoms with van der Waals surface area (Å²) >= 11 is 0. The number of carbonyl (C=O) groups excluding carboxylic acids is 1. The molecule has 3 aliphatic rings. The van der Waals surface area contributed by atoms with Crippen molar-refractivity contribution in [1.82, 2.24) is 38.5 Å². The van der Waals surface area contributed by atoms with Crippen molar-refractivity contribution in [1.29, 1.82) is 0 Å². The zero-order valence-corrected chi connectivity index (χ0v) is 39.5. The number of nitrogens with zero attached hydrogens (tertiary/aromatic N) is 7. The number of ether oxygens (including phenoxy) is 1. The number of halogens is 1. The molecule has 6 heterocycles. The highest BCUT2D eigenvalue weighted by Crippen LogP contribution is 2.55. The molecule has 17 heteroatoms. The number of carbonyl (C=O) groups is 1. The number of nitrogens with one attached hydrogen (secondary N) is 2. The third kappa shape index (κ3) is 6.85. The van der Waals surface area contributed by atoms with Crippen LogP contribution in [-0.4, -0.2) is 83.1 Å². The Labute approximate surface area is 380 Å². The molecule has 1 amide bonds. The molecule has 10 rings (SSSR count). The molecular formula is C49H55FN9O6P. The topological polar surface area (TPSA) is 167 Å². The summed E-state index contributed by atoms with van der Waals surface area (Å²) in [6, 6.07) is 16.6. The van der Waals surface area contributed by atoms with Gasteiger partial charge in [-0.25, -0.2) is 18.7 Å². The minimum Gasteiger partial charge on any atom is -0.387 e. The molecule has 1 saturated heterocycles. The van der Waals surface area contributed by atoms with Crippen LogP contribution in [0, 0.1) is 19.7 Å². The summed E-state index contributed by atoms with van der Waals surface area (Å²) in [7, 11) is -1.07. The lowest BCUT2D eigenvalue weighted by Crippen LogP contribution is -2.41. The number of H-pyrrole nitrogens is 1. The Morgan fingerprint density at radius 1 is 0.970 bits per heavy atom. The van der Waals surface area contributed by atoms with Crippen LogP contribution < -0.4 is 22.1 Å². The van der Waals surface area contributed by atoms with Crippen LogP contribution in [0.3, 0.4) is 0 Å². The molecule has 344 valence electrons. The second-order valence-corrected chi connectivity index (χ2v) is 23.0. The van der Waals surface area contributed by atoms with Crippen LogP contribution in [0.15, 0.2) is 81.1 Å². The van der Waals surface area contributed by atoms with Crippen LogP contribution in [0.4, 0.5) is 10.1 Å².